The van der Waals surface area contributed by atoms with Gasteiger partial charge in [-0.2, -0.15) is 5.21 Å². The van der Waals surface area contributed by atoms with Crippen LogP contribution in [-0.2, 0) is 20.2 Å². The summed E-state index contributed by atoms with van der Waals surface area (Å²) in [5.41, 5.74) is 7.85. The van der Waals surface area contributed by atoms with Crippen LogP contribution in [0.5, 0.6) is 0 Å². The first-order valence-electron chi connectivity index (χ1n) is 11.6. The first-order valence-corrected chi connectivity index (χ1v) is 13.5. The predicted molar refractivity (Wildman–Crippen MR) is 146 cm³/mol. The summed E-state index contributed by atoms with van der Waals surface area (Å²) in [7, 11) is -3.41. The van der Waals surface area contributed by atoms with Crippen LogP contribution < -0.4 is 16.0 Å². The number of sulfone groups is 1. The van der Waals surface area contributed by atoms with E-state index in [-0.39, 0.29) is 23.2 Å². The highest BCUT2D eigenvalue weighted by Gasteiger charge is 2.34. The molecule has 0 radical (unpaired) electrons. The molecule has 196 valence electrons. The van der Waals surface area contributed by atoms with Crippen LogP contribution in [0, 0.1) is 5.41 Å². The van der Waals surface area contributed by atoms with E-state index in [1.54, 1.807) is 71.6 Å². The van der Waals surface area contributed by atoms with Gasteiger partial charge in [-0.15, -0.1) is 10.2 Å². The fourth-order valence-corrected chi connectivity index (χ4v) is 5.01. The van der Waals surface area contributed by atoms with Crippen LogP contribution in [0.1, 0.15) is 25.2 Å². The highest BCUT2D eigenvalue weighted by Crippen LogP contribution is 2.31. The third kappa shape index (κ3) is 5.70. The number of H-pyrrole nitrogens is 1. The second-order valence-electron chi connectivity index (χ2n) is 9.24. The van der Waals surface area contributed by atoms with Crippen molar-refractivity contribution in [3.63, 3.8) is 0 Å². The Morgan fingerprint density at radius 3 is 2.42 bits per heavy atom. The number of benzene rings is 3. The van der Waals surface area contributed by atoms with E-state index in [1.807, 2.05) is 19.9 Å². The smallest absolute Gasteiger partial charge is 0.243 e. The van der Waals surface area contributed by atoms with Crippen LogP contribution in [0.25, 0.3) is 11.1 Å². The number of rotatable bonds is 9. The van der Waals surface area contributed by atoms with Gasteiger partial charge in [-0.1, -0.05) is 47.7 Å². The Hall–Kier alpha value is -4.58. The molecule has 4 aromatic rings. The van der Waals surface area contributed by atoms with E-state index in [2.05, 4.69) is 25.9 Å². The molecule has 1 heterocycles. The lowest BCUT2D eigenvalue weighted by Crippen LogP contribution is -2.47. The number of hydrogen-bond acceptors (Lipinski definition) is 8. The van der Waals surface area contributed by atoms with Gasteiger partial charge in [0.1, 0.15) is 5.84 Å². The minimum absolute atomic E-state index is 0.0679. The zero-order chi connectivity index (χ0) is 27.5. The lowest BCUT2D eigenvalue weighted by molar-refractivity contribution is -0.115. The van der Waals surface area contributed by atoms with Crippen LogP contribution in [0.15, 0.2) is 77.7 Å². The van der Waals surface area contributed by atoms with Gasteiger partial charge in [0.2, 0.25) is 5.91 Å². The van der Waals surface area contributed by atoms with E-state index in [1.165, 1.54) is 6.26 Å². The topological polar surface area (TPSA) is 171 Å². The quantitative estimate of drug-likeness (QED) is 0.188. The standard InChI is InChI=1S/C26H28N8O3S/c1-26(2,25-30-32-33-31-25)34(20-8-6-7-18(15-20)24(27)28)16-23(35)29-19-13-11-17(12-14-19)21-9-4-5-10-22(21)38(3,36)37/h4-15H,16H2,1-3H3,(H3,27,28)(H,29,35)(H,30,31,32,33). The van der Waals surface area contributed by atoms with Crippen molar-refractivity contribution in [2.24, 2.45) is 5.73 Å². The molecule has 1 amide bonds. The molecule has 12 heteroatoms. The van der Waals surface area contributed by atoms with Crippen molar-refractivity contribution in [1.82, 2.24) is 20.6 Å². The first-order chi connectivity index (χ1) is 18.0. The van der Waals surface area contributed by atoms with Gasteiger partial charge in [0.05, 0.1) is 17.0 Å². The molecule has 0 unspecified atom stereocenters. The van der Waals surface area contributed by atoms with Gasteiger partial charge in [-0.05, 0) is 49.7 Å². The van der Waals surface area contributed by atoms with Crippen LogP contribution in [0.4, 0.5) is 11.4 Å². The van der Waals surface area contributed by atoms with E-state index in [4.69, 9.17) is 11.1 Å². The SMILES string of the molecule is CC(C)(c1nn[nH]n1)N(CC(=O)Nc1ccc(-c2ccccc2S(C)(=O)=O)cc1)c1cccc(C(=N)N)c1. The molecule has 0 bridgehead atoms. The first kappa shape index (κ1) is 26.5. The maximum atomic E-state index is 13.2. The molecule has 5 N–H and O–H groups in total. The Morgan fingerprint density at radius 1 is 1.08 bits per heavy atom. The summed E-state index contributed by atoms with van der Waals surface area (Å²) in [6.07, 6.45) is 1.17. The molecule has 0 aliphatic rings. The molecule has 38 heavy (non-hydrogen) atoms. The number of amidine groups is 1. The number of nitrogens with two attached hydrogens (primary N) is 1. The fraction of sp³-hybridized carbons (Fsp3) is 0.192. The number of carbonyl (C=O) groups excluding carboxylic acids is 1. The number of anilines is 2. The normalized spacial score (nSPS) is 11.7. The van der Waals surface area contributed by atoms with Gasteiger partial charge < -0.3 is 16.0 Å². The van der Waals surface area contributed by atoms with Crippen molar-refractivity contribution in [1.29, 1.82) is 5.41 Å². The lowest BCUT2D eigenvalue weighted by atomic mass is 9.99. The Morgan fingerprint density at radius 2 is 1.79 bits per heavy atom. The highest BCUT2D eigenvalue weighted by atomic mass is 32.2. The van der Waals surface area contributed by atoms with Crippen molar-refractivity contribution < 1.29 is 13.2 Å². The van der Waals surface area contributed by atoms with Crippen molar-refractivity contribution in [3.8, 4) is 11.1 Å². The van der Waals surface area contributed by atoms with Crippen molar-refractivity contribution in [3.05, 3.63) is 84.2 Å². The van der Waals surface area contributed by atoms with Gasteiger partial charge in [0.25, 0.3) is 0 Å². The molecule has 0 aliphatic heterocycles. The van der Waals surface area contributed by atoms with Crippen molar-refractivity contribution in [2.75, 3.05) is 23.0 Å². The Balaban J connectivity index is 1.59. The van der Waals surface area contributed by atoms with Gasteiger partial charge in [0.15, 0.2) is 15.7 Å². The van der Waals surface area contributed by atoms with Crippen LogP contribution in [0.3, 0.4) is 0 Å². The number of nitrogen functional groups attached to an aromatic ring is 1. The molecule has 0 saturated heterocycles. The van der Waals surface area contributed by atoms with E-state index in [0.717, 1.165) is 0 Å². The van der Waals surface area contributed by atoms with E-state index >= 15 is 0 Å². The number of hydrogen-bond donors (Lipinski definition) is 4. The lowest BCUT2D eigenvalue weighted by Gasteiger charge is -2.37. The monoisotopic (exact) mass is 532 g/mol. The molecule has 0 aliphatic carbocycles. The average molecular weight is 533 g/mol. The minimum atomic E-state index is -3.41. The molecule has 1 aromatic heterocycles. The number of aromatic amines is 1. The molecular weight excluding hydrogens is 504 g/mol. The summed E-state index contributed by atoms with van der Waals surface area (Å²) in [6, 6.07) is 20.8. The van der Waals surface area contributed by atoms with Crippen LogP contribution >= 0.6 is 0 Å². The molecule has 0 atom stereocenters. The van der Waals surface area contributed by atoms with E-state index < -0.39 is 15.4 Å². The van der Waals surface area contributed by atoms with Gasteiger partial charge >= 0.3 is 0 Å². The zero-order valence-electron chi connectivity index (χ0n) is 21.1. The Bertz CT molecular complexity index is 1570. The molecular formula is C26H28N8O3S. The summed E-state index contributed by atoms with van der Waals surface area (Å²) in [6.45, 7) is 3.65. The second-order valence-corrected chi connectivity index (χ2v) is 11.2. The predicted octanol–water partition coefficient (Wildman–Crippen LogP) is 2.93. The number of carbonyl (C=O) groups is 1. The third-order valence-electron chi connectivity index (χ3n) is 6.10. The highest BCUT2D eigenvalue weighted by molar-refractivity contribution is 7.90. The van der Waals surface area contributed by atoms with Crippen molar-refractivity contribution in [2.45, 2.75) is 24.3 Å². The second kappa shape index (κ2) is 10.4. The number of amides is 1. The molecule has 0 fully saturated rings. The zero-order valence-corrected chi connectivity index (χ0v) is 22.0. The average Bonchev–Trinajstić information content (AvgIpc) is 3.43. The summed E-state index contributed by atoms with van der Waals surface area (Å²) in [4.78, 5) is 15.3. The van der Waals surface area contributed by atoms with Crippen LogP contribution in [-0.4, -0.2) is 53.6 Å². The Labute approximate surface area is 220 Å². The summed E-state index contributed by atoms with van der Waals surface area (Å²) < 4.78 is 24.4. The number of tetrazole rings is 1. The van der Waals surface area contributed by atoms with E-state index in [9.17, 15) is 13.2 Å². The maximum absolute atomic E-state index is 13.2. The van der Waals surface area contributed by atoms with Gasteiger partial charge in [-0.3, -0.25) is 10.2 Å². The molecule has 11 nitrogen and oxygen atoms in total. The Kier molecular flexibility index (Phi) is 7.26. The van der Waals surface area contributed by atoms with Crippen molar-refractivity contribution >= 4 is 33.0 Å². The largest absolute Gasteiger partial charge is 0.384 e. The third-order valence-corrected chi connectivity index (χ3v) is 7.26. The van der Waals surface area contributed by atoms with Gasteiger partial charge in [0, 0.05) is 28.8 Å². The maximum Gasteiger partial charge on any atom is 0.243 e. The molecule has 3 aromatic carbocycles. The molecule has 0 spiro atoms. The minimum Gasteiger partial charge on any atom is -0.384 e. The van der Waals surface area contributed by atoms with Crippen LogP contribution in [0.2, 0.25) is 0 Å². The summed E-state index contributed by atoms with van der Waals surface area (Å²) in [5, 5.41) is 25.0. The number of aromatic nitrogens is 4. The molecule has 0 saturated carbocycles. The summed E-state index contributed by atoms with van der Waals surface area (Å²) >= 11 is 0. The summed E-state index contributed by atoms with van der Waals surface area (Å²) in [5.74, 6) is -0.0161. The number of nitrogens with zero attached hydrogens (tertiary/aromatic N) is 4. The molecule has 4 rings (SSSR count). The number of nitrogens with one attached hydrogen (secondary N) is 3. The van der Waals surface area contributed by atoms with E-state index in [0.29, 0.717) is 33.9 Å². The van der Waals surface area contributed by atoms with Gasteiger partial charge in [-0.25, -0.2) is 8.42 Å². The fourth-order valence-electron chi connectivity index (χ4n) is 4.10.